The molecule has 2 aromatic carbocycles. The summed E-state index contributed by atoms with van der Waals surface area (Å²) < 4.78 is 5.62. The van der Waals surface area contributed by atoms with E-state index in [4.69, 9.17) is 4.74 Å². The van der Waals surface area contributed by atoms with Crippen LogP contribution in [0.3, 0.4) is 0 Å². The van der Waals surface area contributed by atoms with Crippen molar-refractivity contribution in [3.8, 4) is 5.75 Å². The van der Waals surface area contributed by atoms with Crippen molar-refractivity contribution < 1.29 is 9.53 Å². The Hall–Kier alpha value is -2.49. The van der Waals surface area contributed by atoms with E-state index in [1.165, 1.54) is 5.56 Å². The van der Waals surface area contributed by atoms with Crippen LogP contribution in [-0.2, 0) is 5.41 Å². The molecule has 0 unspecified atom stereocenters. The molecule has 4 heteroatoms. The molecule has 24 heavy (non-hydrogen) atoms. The number of urea groups is 1. The van der Waals surface area contributed by atoms with E-state index in [9.17, 15) is 4.79 Å². The van der Waals surface area contributed by atoms with Crippen molar-refractivity contribution in [3.63, 3.8) is 0 Å². The third-order valence-corrected chi connectivity index (χ3v) is 4.02. The molecule has 0 spiro atoms. The lowest BCUT2D eigenvalue weighted by Crippen LogP contribution is -2.32. The predicted molar refractivity (Wildman–Crippen MR) is 98.7 cm³/mol. The van der Waals surface area contributed by atoms with Crippen molar-refractivity contribution in [2.75, 3.05) is 12.0 Å². The lowest BCUT2D eigenvalue weighted by molar-refractivity contribution is 0.234. The maximum absolute atomic E-state index is 11.9. The van der Waals surface area contributed by atoms with Gasteiger partial charge < -0.3 is 15.4 Å². The fourth-order valence-electron chi connectivity index (χ4n) is 2.29. The largest absolute Gasteiger partial charge is 0.473 e. The van der Waals surface area contributed by atoms with E-state index in [1.807, 2.05) is 56.3 Å². The first kappa shape index (κ1) is 17.9. The number of hydrogen-bond acceptors (Lipinski definition) is 2. The minimum Gasteiger partial charge on any atom is -0.473 e. The van der Waals surface area contributed by atoms with Crippen molar-refractivity contribution in [1.82, 2.24) is 5.32 Å². The number of ether oxygens (including phenoxy) is 1. The molecule has 0 aromatic heterocycles. The topological polar surface area (TPSA) is 50.4 Å². The van der Waals surface area contributed by atoms with Crippen LogP contribution < -0.4 is 15.4 Å². The summed E-state index contributed by atoms with van der Waals surface area (Å²) in [7, 11) is 0. The maximum Gasteiger partial charge on any atom is 0.321 e. The second-order valence-corrected chi connectivity index (χ2v) is 6.94. The van der Waals surface area contributed by atoms with Crippen molar-refractivity contribution in [1.29, 1.82) is 0 Å². The van der Waals surface area contributed by atoms with Crippen molar-refractivity contribution in [3.05, 3.63) is 59.2 Å². The van der Waals surface area contributed by atoms with Gasteiger partial charge in [0.25, 0.3) is 0 Å². The summed E-state index contributed by atoms with van der Waals surface area (Å²) in [6.45, 7) is 10.6. The average molecular weight is 326 g/mol. The van der Waals surface area contributed by atoms with E-state index < -0.39 is 0 Å². The third kappa shape index (κ3) is 4.75. The molecule has 0 aliphatic rings. The first-order valence-corrected chi connectivity index (χ1v) is 8.12. The minimum absolute atomic E-state index is 0.0975. The van der Waals surface area contributed by atoms with Crippen LogP contribution in [0.25, 0.3) is 0 Å². The lowest BCUT2D eigenvalue weighted by atomic mass is 9.87. The molecular formula is C20H26N2O2. The van der Waals surface area contributed by atoms with Gasteiger partial charge in [-0.05, 0) is 54.2 Å². The highest BCUT2D eigenvalue weighted by Crippen LogP contribution is 2.23. The molecule has 0 aliphatic carbocycles. The molecule has 128 valence electrons. The smallest absolute Gasteiger partial charge is 0.321 e. The Morgan fingerprint density at radius 2 is 1.71 bits per heavy atom. The van der Waals surface area contributed by atoms with Gasteiger partial charge in [0, 0.05) is 5.69 Å². The van der Waals surface area contributed by atoms with Crippen LogP contribution in [0.5, 0.6) is 5.75 Å². The molecule has 0 saturated carbocycles. The van der Waals surface area contributed by atoms with Gasteiger partial charge >= 0.3 is 6.03 Å². The number of aryl methyl sites for hydroxylation is 1. The van der Waals surface area contributed by atoms with Gasteiger partial charge in [-0.3, -0.25) is 0 Å². The molecule has 2 aromatic rings. The number of anilines is 1. The normalized spacial score (nSPS) is 11.0. The van der Waals surface area contributed by atoms with Gasteiger partial charge in [-0.15, -0.1) is 0 Å². The van der Waals surface area contributed by atoms with Crippen molar-refractivity contribution in [2.45, 2.75) is 40.0 Å². The number of hydrogen-bond donors (Lipinski definition) is 2. The second kappa shape index (κ2) is 7.39. The highest BCUT2D eigenvalue weighted by molar-refractivity contribution is 5.89. The van der Waals surface area contributed by atoms with Crippen LogP contribution in [0.4, 0.5) is 10.5 Å². The van der Waals surface area contributed by atoms with Crippen LogP contribution in [0.15, 0.2) is 42.5 Å². The summed E-state index contributed by atoms with van der Waals surface area (Å²) in [5.74, 6) is 0.782. The Bertz CT molecular complexity index is 701. The lowest BCUT2D eigenvalue weighted by Gasteiger charge is -2.19. The van der Waals surface area contributed by atoms with Crippen LogP contribution in [0, 0.1) is 13.8 Å². The zero-order chi connectivity index (χ0) is 17.7. The molecular weight excluding hydrogens is 300 g/mol. The van der Waals surface area contributed by atoms with Crippen LogP contribution in [0.2, 0.25) is 0 Å². The molecule has 2 amide bonds. The molecule has 0 bridgehead atoms. The van der Waals surface area contributed by atoms with Gasteiger partial charge in [-0.2, -0.15) is 0 Å². The van der Waals surface area contributed by atoms with Gasteiger partial charge in [0.15, 0.2) is 6.73 Å². The molecule has 0 atom stereocenters. The first-order chi connectivity index (χ1) is 11.3. The Balaban J connectivity index is 1.84. The molecule has 0 radical (unpaired) electrons. The summed E-state index contributed by atoms with van der Waals surface area (Å²) in [5, 5.41) is 5.50. The van der Waals surface area contributed by atoms with Crippen molar-refractivity contribution in [2.24, 2.45) is 0 Å². The highest BCUT2D eigenvalue weighted by Gasteiger charge is 2.13. The molecule has 2 N–H and O–H groups in total. The average Bonchev–Trinajstić information content (AvgIpc) is 2.51. The first-order valence-electron chi connectivity index (χ1n) is 8.12. The second-order valence-electron chi connectivity index (χ2n) is 6.94. The summed E-state index contributed by atoms with van der Waals surface area (Å²) in [5.41, 5.74) is 4.33. The molecule has 0 heterocycles. The Kier molecular flexibility index (Phi) is 5.50. The Morgan fingerprint density at radius 1 is 1.04 bits per heavy atom. The van der Waals surface area contributed by atoms with E-state index in [0.29, 0.717) is 0 Å². The number of rotatable bonds is 4. The van der Waals surface area contributed by atoms with Crippen LogP contribution in [-0.4, -0.2) is 12.8 Å². The molecule has 0 saturated heterocycles. The molecule has 4 nitrogen and oxygen atoms in total. The number of nitrogens with one attached hydrogen (secondary N) is 2. The van der Waals surface area contributed by atoms with E-state index in [1.54, 1.807) is 0 Å². The fourth-order valence-corrected chi connectivity index (χ4v) is 2.29. The van der Waals surface area contributed by atoms with E-state index in [0.717, 1.165) is 22.6 Å². The standard InChI is InChI=1S/C20H26N2O2/c1-14-7-6-8-18(15(14)2)24-13-21-19(23)22-17-11-9-16(10-12-17)20(3,4)5/h6-12H,13H2,1-5H3,(H2,21,22,23). The van der Waals surface area contributed by atoms with Crippen molar-refractivity contribution >= 4 is 11.7 Å². The van der Waals surface area contributed by atoms with Gasteiger partial charge in [0.1, 0.15) is 5.75 Å². The Morgan fingerprint density at radius 3 is 2.33 bits per heavy atom. The zero-order valence-electron chi connectivity index (χ0n) is 15.1. The number of carbonyl (C=O) groups excluding carboxylic acids is 1. The number of benzene rings is 2. The monoisotopic (exact) mass is 326 g/mol. The quantitative estimate of drug-likeness (QED) is 0.796. The SMILES string of the molecule is Cc1cccc(OCNC(=O)Nc2ccc(C(C)(C)C)cc2)c1C. The summed E-state index contributed by atoms with van der Waals surface area (Å²) in [6.07, 6.45) is 0. The maximum atomic E-state index is 11.9. The third-order valence-electron chi connectivity index (χ3n) is 4.02. The van der Waals surface area contributed by atoms with Gasteiger partial charge in [0.05, 0.1) is 0 Å². The molecule has 2 rings (SSSR count). The summed E-state index contributed by atoms with van der Waals surface area (Å²) in [6, 6.07) is 13.5. The minimum atomic E-state index is -0.288. The van der Waals surface area contributed by atoms with Gasteiger partial charge in [-0.1, -0.05) is 45.0 Å². The summed E-state index contributed by atoms with van der Waals surface area (Å²) in [4.78, 5) is 11.9. The number of amides is 2. The fraction of sp³-hybridized carbons (Fsp3) is 0.350. The van der Waals surface area contributed by atoms with E-state index in [-0.39, 0.29) is 18.2 Å². The zero-order valence-corrected chi connectivity index (χ0v) is 15.1. The molecule has 0 fully saturated rings. The van der Waals surface area contributed by atoms with Gasteiger partial charge in [0.2, 0.25) is 0 Å². The van der Waals surface area contributed by atoms with Crippen LogP contribution in [0.1, 0.15) is 37.5 Å². The Labute approximate surface area is 144 Å². The highest BCUT2D eigenvalue weighted by atomic mass is 16.5. The van der Waals surface area contributed by atoms with E-state index in [2.05, 4.69) is 31.4 Å². The summed E-state index contributed by atoms with van der Waals surface area (Å²) >= 11 is 0. The van der Waals surface area contributed by atoms with Gasteiger partial charge in [-0.25, -0.2) is 4.79 Å². The van der Waals surface area contributed by atoms with Crippen LogP contribution >= 0.6 is 0 Å². The predicted octanol–water partition coefficient (Wildman–Crippen LogP) is 4.76. The number of carbonyl (C=O) groups is 1. The van der Waals surface area contributed by atoms with E-state index >= 15 is 0 Å². The molecule has 0 aliphatic heterocycles.